The fourth-order valence-corrected chi connectivity index (χ4v) is 5.45. The highest BCUT2D eigenvalue weighted by molar-refractivity contribution is 7.84. The highest BCUT2D eigenvalue weighted by atomic mass is 32.2. The highest BCUT2D eigenvalue weighted by Gasteiger charge is 2.20. The number of nitrogens with one attached hydrogen (secondary N) is 1. The number of nitrogens with zero attached hydrogens (tertiary/aromatic N) is 2. The SMILES string of the molecule is O=S(Cc1cccc(Nc2nc(-c3ccccc3)nc3ccccc23)c1)C1CCOCC1. The summed E-state index contributed by atoms with van der Waals surface area (Å²) in [6.45, 7) is 1.42. The van der Waals surface area contributed by atoms with Crippen LogP contribution < -0.4 is 5.32 Å². The summed E-state index contributed by atoms with van der Waals surface area (Å²) in [5.41, 5.74) is 3.85. The number of anilines is 2. The zero-order chi connectivity index (χ0) is 21.8. The molecule has 4 aromatic rings. The molecule has 32 heavy (non-hydrogen) atoms. The molecule has 0 bridgehead atoms. The number of hydrogen-bond donors (Lipinski definition) is 1. The minimum Gasteiger partial charge on any atom is -0.381 e. The average Bonchev–Trinajstić information content (AvgIpc) is 2.85. The second-order valence-electron chi connectivity index (χ2n) is 7.94. The van der Waals surface area contributed by atoms with E-state index in [1.54, 1.807) is 0 Å². The molecule has 1 N–H and O–H groups in total. The van der Waals surface area contributed by atoms with Gasteiger partial charge in [-0.1, -0.05) is 54.6 Å². The summed E-state index contributed by atoms with van der Waals surface area (Å²) < 4.78 is 18.2. The van der Waals surface area contributed by atoms with Crippen LogP contribution in [0.2, 0.25) is 0 Å². The van der Waals surface area contributed by atoms with E-state index in [-0.39, 0.29) is 5.25 Å². The smallest absolute Gasteiger partial charge is 0.162 e. The van der Waals surface area contributed by atoms with E-state index >= 15 is 0 Å². The highest BCUT2D eigenvalue weighted by Crippen LogP contribution is 2.28. The Labute approximate surface area is 190 Å². The average molecular weight is 444 g/mol. The van der Waals surface area contributed by atoms with Crippen LogP contribution in [0.5, 0.6) is 0 Å². The minimum absolute atomic E-state index is 0.222. The standard InChI is InChI=1S/C26H25N3O2S/c30-32(22-13-15-31-16-14-22)18-19-7-6-10-21(17-19)27-26-23-11-4-5-12-24(23)28-25(29-26)20-8-2-1-3-9-20/h1-12,17,22H,13-16,18H2,(H,27,28,29). The number of rotatable bonds is 6. The minimum atomic E-state index is -0.896. The van der Waals surface area contributed by atoms with Crippen LogP contribution in [0.15, 0.2) is 78.9 Å². The van der Waals surface area contributed by atoms with E-state index in [0.717, 1.165) is 46.4 Å². The van der Waals surface area contributed by atoms with Gasteiger partial charge < -0.3 is 10.1 Å². The van der Waals surface area contributed by atoms with Gasteiger partial charge in [-0.2, -0.15) is 0 Å². The summed E-state index contributed by atoms with van der Waals surface area (Å²) in [6, 6.07) is 26.1. The number of benzene rings is 3. The Morgan fingerprint density at radius 1 is 0.906 bits per heavy atom. The fourth-order valence-electron chi connectivity index (χ4n) is 3.98. The zero-order valence-corrected chi connectivity index (χ0v) is 18.6. The monoisotopic (exact) mass is 443 g/mol. The van der Waals surface area contributed by atoms with E-state index in [2.05, 4.69) is 11.4 Å². The second-order valence-corrected chi connectivity index (χ2v) is 9.66. The Hall–Kier alpha value is -3.09. The maximum atomic E-state index is 12.8. The summed E-state index contributed by atoms with van der Waals surface area (Å²) in [5.74, 6) is 2.00. The fraction of sp³-hybridized carbons (Fsp3) is 0.231. The molecule has 3 aromatic carbocycles. The summed E-state index contributed by atoms with van der Waals surface area (Å²) in [5, 5.41) is 4.66. The van der Waals surface area contributed by atoms with Crippen molar-refractivity contribution >= 4 is 33.2 Å². The van der Waals surface area contributed by atoms with Crippen molar-refractivity contribution in [2.24, 2.45) is 0 Å². The molecule has 1 unspecified atom stereocenters. The number of fused-ring (bicyclic) bond motifs is 1. The van der Waals surface area contributed by atoms with E-state index in [1.165, 1.54) is 0 Å². The number of para-hydroxylation sites is 1. The predicted octanol–water partition coefficient (Wildman–Crippen LogP) is 5.47. The van der Waals surface area contributed by atoms with E-state index in [4.69, 9.17) is 14.7 Å². The lowest BCUT2D eigenvalue weighted by molar-refractivity contribution is 0.0992. The van der Waals surface area contributed by atoms with Gasteiger partial charge in [-0.05, 0) is 42.7 Å². The van der Waals surface area contributed by atoms with Crippen LogP contribution in [0.1, 0.15) is 18.4 Å². The van der Waals surface area contributed by atoms with Crippen molar-refractivity contribution in [3.05, 3.63) is 84.4 Å². The molecule has 5 nitrogen and oxygen atoms in total. The molecule has 162 valence electrons. The van der Waals surface area contributed by atoms with E-state index in [0.29, 0.717) is 24.8 Å². The summed E-state index contributed by atoms with van der Waals surface area (Å²) in [4.78, 5) is 9.59. The first kappa shape index (κ1) is 20.8. The quantitative estimate of drug-likeness (QED) is 0.428. The molecule has 2 heterocycles. The Morgan fingerprint density at radius 3 is 2.53 bits per heavy atom. The third kappa shape index (κ3) is 4.71. The van der Waals surface area contributed by atoms with Crippen LogP contribution in [-0.4, -0.2) is 32.6 Å². The molecular weight excluding hydrogens is 418 g/mol. The Bertz CT molecular complexity index is 1240. The lowest BCUT2D eigenvalue weighted by Crippen LogP contribution is -2.25. The lowest BCUT2D eigenvalue weighted by atomic mass is 10.1. The second kappa shape index (κ2) is 9.59. The molecule has 1 aromatic heterocycles. The number of ether oxygens (including phenoxy) is 1. The molecule has 1 fully saturated rings. The van der Waals surface area contributed by atoms with Gasteiger partial charge in [0, 0.05) is 51.7 Å². The van der Waals surface area contributed by atoms with Gasteiger partial charge in [-0.15, -0.1) is 0 Å². The number of aromatic nitrogens is 2. The van der Waals surface area contributed by atoms with E-state index in [9.17, 15) is 4.21 Å². The van der Waals surface area contributed by atoms with Crippen LogP contribution in [0, 0.1) is 0 Å². The number of hydrogen-bond acceptors (Lipinski definition) is 5. The molecule has 1 aliphatic rings. The normalized spacial score (nSPS) is 15.5. The first-order chi connectivity index (χ1) is 15.8. The largest absolute Gasteiger partial charge is 0.381 e. The van der Waals surface area contributed by atoms with Gasteiger partial charge in [0.1, 0.15) is 5.82 Å². The Balaban J connectivity index is 1.43. The Morgan fingerprint density at radius 2 is 1.69 bits per heavy atom. The summed E-state index contributed by atoms with van der Waals surface area (Å²) >= 11 is 0. The summed E-state index contributed by atoms with van der Waals surface area (Å²) in [7, 11) is -0.896. The zero-order valence-electron chi connectivity index (χ0n) is 17.7. The molecule has 1 saturated heterocycles. The van der Waals surface area contributed by atoms with E-state index in [1.807, 2.05) is 72.8 Å². The molecule has 1 atom stereocenters. The van der Waals surface area contributed by atoms with Crippen molar-refractivity contribution < 1.29 is 8.95 Å². The third-order valence-corrected chi connectivity index (χ3v) is 7.51. The predicted molar refractivity (Wildman–Crippen MR) is 130 cm³/mol. The maximum absolute atomic E-state index is 12.8. The van der Waals surface area contributed by atoms with Gasteiger partial charge >= 0.3 is 0 Å². The van der Waals surface area contributed by atoms with Crippen LogP contribution in [-0.2, 0) is 21.3 Å². The van der Waals surface area contributed by atoms with Crippen LogP contribution >= 0.6 is 0 Å². The van der Waals surface area contributed by atoms with Crippen molar-refractivity contribution in [1.82, 2.24) is 9.97 Å². The molecule has 0 radical (unpaired) electrons. The molecule has 0 saturated carbocycles. The maximum Gasteiger partial charge on any atom is 0.162 e. The van der Waals surface area contributed by atoms with Crippen LogP contribution in [0.4, 0.5) is 11.5 Å². The van der Waals surface area contributed by atoms with Crippen molar-refractivity contribution in [3.63, 3.8) is 0 Å². The molecule has 6 heteroatoms. The van der Waals surface area contributed by atoms with Gasteiger partial charge in [-0.25, -0.2) is 9.97 Å². The third-order valence-electron chi connectivity index (χ3n) is 5.67. The first-order valence-corrected chi connectivity index (χ1v) is 12.3. The molecule has 0 amide bonds. The topological polar surface area (TPSA) is 64.1 Å². The molecule has 1 aliphatic heterocycles. The molecule has 5 rings (SSSR count). The van der Waals surface area contributed by atoms with Crippen LogP contribution in [0.3, 0.4) is 0 Å². The van der Waals surface area contributed by atoms with Crippen molar-refractivity contribution in [2.45, 2.75) is 23.8 Å². The molecule has 0 spiro atoms. The van der Waals surface area contributed by atoms with Crippen molar-refractivity contribution in [3.8, 4) is 11.4 Å². The van der Waals surface area contributed by atoms with Crippen molar-refractivity contribution in [1.29, 1.82) is 0 Å². The molecule has 0 aliphatic carbocycles. The Kier molecular flexibility index (Phi) is 6.23. The van der Waals surface area contributed by atoms with Gasteiger partial charge in [0.05, 0.1) is 5.52 Å². The van der Waals surface area contributed by atoms with Gasteiger partial charge in [0.2, 0.25) is 0 Å². The lowest BCUT2D eigenvalue weighted by Gasteiger charge is -2.21. The van der Waals surface area contributed by atoms with Crippen LogP contribution in [0.25, 0.3) is 22.3 Å². The first-order valence-electron chi connectivity index (χ1n) is 10.9. The van der Waals surface area contributed by atoms with Gasteiger partial charge in [0.25, 0.3) is 0 Å². The van der Waals surface area contributed by atoms with Gasteiger partial charge in [0.15, 0.2) is 5.82 Å². The van der Waals surface area contributed by atoms with Gasteiger partial charge in [-0.3, -0.25) is 4.21 Å². The summed E-state index contributed by atoms with van der Waals surface area (Å²) in [6.07, 6.45) is 1.75. The van der Waals surface area contributed by atoms with E-state index < -0.39 is 10.8 Å². The molecular formula is C26H25N3O2S. The van der Waals surface area contributed by atoms with Crippen molar-refractivity contribution in [2.75, 3.05) is 18.5 Å².